The molecule has 0 aliphatic rings. The third-order valence-electron chi connectivity index (χ3n) is 3.45. The summed E-state index contributed by atoms with van der Waals surface area (Å²) in [6.07, 6.45) is -4.47. The smallest absolute Gasteiger partial charge is 0.405 e. The van der Waals surface area contributed by atoms with Gasteiger partial charge in [0.15, 0.2) is 6.61 Å². The molecule has 0 radical (unpaired) electrons. The number of hydrogen-bond acceptors (Lipinski definition) is 4. The Bertz CT molecular complexity index is 839. The highest BCUT2D eigenvalue weighted by Gasteiger charge is 2.28. The van der Waals surface area contributed by atoms with Gasteiger partial charge in [-0.05, 0) is 17.7 Å². The van der Waals surface area contributed by atoms with Crippen molar-refractivity contribution in [3.05, 3.63) is 65.7 Å². The largest absolute Gasteiger partial charge is 0.452 e. The summed E-state index contributed by atoms with van der Waals surface area (Å²) in [5.74, 6) is -2.40. The molecule has 0 aromatic heterocycles. The van der Waals surface area contributed by atoms with Gasteiger partial charge in [0, 0.05) is 0 Å². The fourth-order valence-electron chi connectivity index (χ4n) is 2.20. The van der Waals surface area contributed by atoms with E-state index in [2.05, 4.69) is 5.32 Å². The molecule has 0 atom stereocenters. The van der Waals surface area contributed by atoms with Crippen LogP contribution in [0, 0.1) is 0 Å². The molecule has 0 aliphatic heterocycles. The summed E-state index contributed by atoms with van der Waals surface area (Å²) >= 11 is 0. The monoisotopic (exact) mass is 394 g/mol. The zero-order valence-electron chi connectivity index (χ0n) is 14.6. The fourth-order valence-corrected chi connectivity index (χ4v) is 2.20. The quantitative estimate of drug-likeness (QED) is 0.708. The highest BCUT2D eigenvalue weighted by Crippen LogP contribution is 2.17. The molecule has 0 saturated heterocycles. The van der Waals surface area contributed by atoms with Gasteiger partial charge in [0.25, 0.3) is 5.91 Å². The molecule has 2 amide bonds. The van der Waals surface area contributed by atoms with E-state index in [9.17, 15) is 27.6 Å². The van der Waals surface area contributed by atoms with E-state index in [-0.39, 0.29) is 23.6 Å². The first-order valence-electron chi connectivity index (χ1n) is 8.18. The highest BCUT2D eigenvalue weighted by atomic mass is 19.4. The van der Waals surface area contributed by atoms with Gasteiger partial charge in [-0.25, -0.2) is 4.79 Å². The molecule has 2 rings (SSSR count). The molecular weight excluding hydrogens is 377 g/mol. The normalized spacial score (nSPS) is 10.8. The number of halogens is 3. The summed E-state index contributed by atoms with van der Waals surface area (Å²) in [5, 5.41) is 4.18. The average molecular weight is 394 g/mol. The Labute approximate surface area is 158 Å². The minimum Gasteiger partial charge on any atom is -0.452 e. The number of anilines is 1. The molecule has 0 heterocycles. The van der Waals surface area contributed by atoms with Crippen LogP contribution in [-0.4, -0.2) is 37.1 Å². The topological polar surface area (TPSA) is 84.5 Å². The predicted octanol–water partition coefficient (Wildman–Crippen LogP) is 2.70. The van der Waals surface area contributed by atoms with Crippen molar-refractivity contribution in [1.29, 1.82) is 0 Å². The van der Waals surface area contributed by atoms with E-state index in [4.69, 9.17) is 4.74 Å². The van der Waals surface area contributed by atoms with Crippen molar-refractivity contribution in [1.82, 2.24) is 5.32 Å². The van der Waals surface area contributed by atoms with Gasteiger partial charge in [-0.2, -0.15) is 13.2 Å². The molecule has 0 fully saturated rings. The van der Waals surface area contributed by atoms with Crippen LogP contribution < -0.4 is 10.6 Å². The van der Waals surface area contributed by atoms with Crippen LogP contribution in [0.4, 0.5) is 18.9 Å². The van der Waals surface area contributed by atoms with Gasteiger partial charge in [-0.1, -0.05) is 42.5 Å². The third kappa shape index (κ3) is 7.10. The van der Waals surface area contributed by atoms with Crippen molar-refractivity contribution >= 4 is 23.5 Å². The number of rotatable bonds is 7. The summed E-state index contributed by atoms with van der Waals surface area (Å²) in [5.41, 5.74) is 0.929. The minimum absolute atomic E-state index is 0.0208. The van der Waals surface area contributed by atoms with Crippen LogP contribution >= 0.6 is 0 Å². The van der Waals surface area contributed by atoms with E-state index in [0.717, 1.165) is 5.56 Å². The average Bonchev–Trinajstić information content (AvgIpc) is 2.65. The maximum atomic E-state index is 12.2. The van der Waals surface area contributed by atoms with Crippen molar-refractivity contribution in [3.63, 3.8) is 0 Å². The molecule has 0 bridgehead atoms. The Morgan fingerprint density at radius 3 is 2.21 bits per heavy atom. The molecule has 0 saturated carbocycles. The number of ether oxygens (including phenoxy) is 1. The maximum Gasteiger partial charge on any atom is 0.405 e. The van der Waals surface area contributed by atoms with Gasteiger partial charge in [-0.15, -0.1) is 0 Å². The van der Waals surface area contributed by atoms with Crippen molar-refractivity contribution in [2.45, 2.75) is 12.6 Å². The van der Waals surface area contributed by atoms with Crippen LogP contribution in [0.5, 0.6) is 0 Å². The van der Waals surface area contributed by atoms with E-state index < -0.39 is 31.2 Å². The van der Waals surface area contributed by atoms with E-state index in [1.165, 1.54) is 18.2 Å². The lowest BCUT2D eigenvalue weighted by Gasteiger charge is -2.12. The third-order valence-corrected chi connectivity index (χ3v) is 3.45. The van der Waals surface area contributed by atoms with Crippen molar-refractivity contribution in [3.8, 4) is 0 Å². The minimum atomic E-state index is -4.56. The summed E-state index contributed by atoms with van der Waals surface area (Å²) < 4.78 is 40.9. The summed E-state index contributed by atoms with van der Waals surface area (Å²) in [7, 11) is 0. The number of amides is 2. The van der Waals surface area contributed by atoms with Gasteiger partial charge in [0.2, 0.25) is 5.91 Å². The molecule has 6 nitrogen and oxygen atoms in total. The first kappa shape index (κ1) is 20.9. The molecular formula is C19H17F3N2O4. The molecule has 2 aromatic carbocycles. The van der Waals surface area contributed by atoms with Gasteiger partial charge in [0.1, 0.15) is 6.54 Å². The standard InChI is InChI=1S/C19H17F3N2O4/c20-19(21,22)12-23-17(26)11-28-18(27)14-8-4-5-9-15(14)24-16(25)10-13-6-2-1-3-7-13/h1-9H,10-12H2,(H,23,26)(H,24,25). The van der Waals surface area contributed by atoms with E-state index >= 15 is 0 Å². The Hall–Kier alpha value is -3.36. The number of para-hydroxylation sites is 1. The Morgan fingerprint density at radius 1 is 0.893 bits per heavy atom. The van der Waals surface area contributed by atoms with Gasteiger partial charge in [-0.3, -0.25) is 9.59 Å². The molecule has 0 aliphatic carbocycles. The Balaban J connectivity index is 1.94. The SMILES string of the molecule is O=C(COC(=O)c1ccccc1NC(=O)Cc1ccccc1)NCC(F)(F)F. The van der Waals surface area contributed by atoms with Crippen LogP contribution in [0.2, 0.25) is 0 Å². The first-order chi connectivity index (χ1) is 13.2. The van der Waals surface area contributed by atoms with Crippen molar-refractivity contribution < 1.29 is 32.3 Å². The van der Waals surface area contributed by atoms with E-state index in [0.29, 0.717) is 0 Å². The number of hydrogen-bond donors (Lipinski definition) is 2. The number of benzene rings is 2. The van der Waals surface area contributed by atoms with Crippen molar-refractivity contribution in [2.24, 2.45) is 0 Å². The molecule has 9 heteroatoms. The van der Waals surface area contributed by atoms with Crippen molar-refractivity contribution in [2.75, 3.05) is 18.5 Å². The maximum absolute atomic E-state index is 12.2. The molecule has 2 N–H and O–H groups in total. The lowest BCUT2D eigenvalue weighted by Crippen LogP contribution is -2.36. The molecule has 0 unspecified atom stereocenters. The van der Waals surface area contributed by atoms with Crippen LogP contribution in [-0.2, 0) is 20.7 Å². The second-order valence-corrected chi connectivity index (χ2v) is 5.72. The lowest BCUT2D eigenvalue weighted by atomic mass is 10.1. The van der Waals surface area contributed by atoms with Crippen LogP contribution in [0.1, 0.15) is 15.9 Å². The summed E-state index contributed by atoms with van der Waals surface area (Å²) in [6.45, 7) is -2.39. The predicted molar refractivity (Wildman–Crippen MR) is 94.6 cm³/mol. The zero-order valence-corrected chi connectivity index (χ0v) is 14.6. The van der Waals surface area contributed by atoms with Crippen LogP contribution in [0.25, 0.3) is 0 Å². The summed E-state index contributed by atoms with van der Waals surface area (Å²) in [4.78, 5) is 35.6. The molecule has 28 heavy (non-hydrogen) atoms. The summed E-state index contributed by atoms with van der Waals surface area (Å²) in [6, 6.07) is 14.9. The molecule has 0 spiro atoms. The Kier molecular flexibility index (Phi) is 7.14. The molecule has 148 valence electrons. The number of esters is 1. The van der Waals surface area contributed by atoms with Gasteiger partial charge < -0.3 is 15.4 Å². The number of alkyl halides is 3. The Morgan fingerprint density at radius 2 is 1.54 bits per heavy atom. The number of nitrogens with one attached hydrogen (secondary N) is 2. The van der Waals surface area contributed by atoms with E-state index in [1.54, 1.807) is 35.6 Å². The van der Waals surface area contributed by atoms with E-state index in [1.807, 2.05) is 6.07 Å². The van der Waals surface area contributed by atoms with Gasteiger partial charge in [0.05, 0.1) is 17.7 Å². The highest BCUT2D eigenvalue weighted by molar-refractivity contribution is 6.02. The van der Waals surface area contributed by atoms with Gasteiger partial charge >= 0.3 is 12.1 Å². The second-order valence-electron chi connectivity index (χ2n) is 5.72. The van der Waals surface area contributed by atoms with Crippen LogP contribution in [0.3, 0.4) is 0 Å². The first-order valence-corrected chi connectivity index (χ1v) is 8.18. The lowest BCUT2D eigenvalue weighted by molar-refractivity contribution is -0.140. The molecule has 2 aromatic rings. The number of carbonyl (C=O) groups excluding carboxylic acids is 3. The fraction of sp³-hybridized carbons (Fsp3) is 0.211. The zero-order chi connectivity index (χ0) is 20.6. The number of carbonyl (C=O) groups is 3. The van der Waals surface area contributed by atoms with Crippen LogP contribution in [0.15, 0.2) is 54.6 Å². The second kappa shape index (κ2) is 9.54.